The average Bonchev–Trinajstić information content (AvgIpc) is 3.22. The van der Waals surface area contributed by atoms with Crippen LogP contribution in [0.3, 0.4) is 0 Å². The van der Waals surface area contributed by atoms with Gasteiger partial charge in [-0.1, -0.05) is 0 Å². The van der Waals surface area contributed by atoms with Gasteiger partial charge in [-0.2, -0.15) is 5.10 Å². The monoisotopic (exact) mass is 414 g/mol. The van der Waals surface area contributed by atoms with Gasteiger partial charge in [0.05, 0.1) is 47.3 Å². The zero-order valence-corrected chi connectivity index (χ0v) is 18.0. The van der Waals surface area contributed by atoms with E-state index in [1.54, 1.807) is 47.7 Å². The predicted molar refractivity (Wildman–Crippen MR) is 112 cm³/mol. The number of carbonyl (C=O) groups is 1. The minimum absolute atomic E-state index is 0.181. The van der Waals surface area contributed by atoms with Crippen molar-refractivity contribution in [2.24, 2.45) is 5.10 Å². The Hall–Kier alpha value is -3.42. The molecule has 30 heavy (non-hydrogen) atoms. The van der Waals surface area contributed by atoms with E-state index in [9.17, 15) is 4.79 Å². The average molecular weight is 414 g/mol. The molecule has 0 spiro atoms. The summed E-state index contributed by atoms with van der Waals surface area (Å²) >= 11 is 0. The van der Waals surface area contributed by atoms with E-state index in [-0.39, 0.29) is 11.9 Å². The molecule has 0 saturated heterocycles. The van der Waals surface area contributed by atoms with E-state index in [1.807, 2.05) is 18.2 Å². The Labute approximate surface area is 175 Å². The van der Waals surface area contributed by atoms with E-state index in [0.717, 1.165) is 16.8 Å². The maximum atomic E-state index is 12.4. The van der Waals surface area contributed by atoms with E-state index in [4.69, 9.17) is 23.7 Å². The van der Waals surface area contributed by atoms with Gasteiger partial charge in [-0.15, -0.1) is 0 Å². The summed E-state index contributed by atoms with van der Waals surface area (Å²) in [5.41, 5.74) is 2.30. The Balaban J connectivity index is 2.07. The van der Waals surface area contributed by atoms with Gasteiger partial charge in [0.1, 0.15) is 11.5 Å². The van der Waals surface area contributed by atoms with Crippen LogP contribution in [0.4, 0.5) is 0 Å². The number of hydrazone groups is 1. The first-order valence-corrected chi connectivity index (χ1v) is 9.37. The molecule has 1 aliphatic rings. The fourth-order valence-electron chi connectivity index (χ4n) is 3.63. The Bertz CT molecular complexity index is 972. The third-order valence-electron chi connectivity index (χ3n) is 5.05. The summed E-state index contributed by atoms with van der Waals surface area (Å²) in [4.78, 5) is 12.4. The summed E-state index contributed by atoms with van der Waals surface area (Å²) in [6, 6.07) is 8.80. The second kappa shape index (κ2) is 8.94. The van der Waals surface area contributed by atoms with Crippen LogP contribution in [0, 0.1) is 0 Å². The standard InChI is InChI=1S/C22H26N2O6/c1-13(25)24-18(16-9-10-19(27-3)22(30-6)21(16)29-5)12-17(23-24)15-8-7-14(26-2)11-20(15)28-4/h7-11,18H,12H2,1-6H3/t18-/m0/s1. The molecule has 8 heteroatoms. The molecule has 1 atom stereocenters. The third kappa shape index (κ3) is 3.72. The summed E-state index contributed by atoms with van der Waals surface area (Å²) in [5, 5.41) is 6.07. The highest BCUT2D eigenvalue weighted by Crippen LogP contribution is 2.46. The van der Waals surface area contributed by atoms with Crippen LogP contribution in [0.2, 0.25) is 0 Å². The van der Waals surface area contributed by atoms with Crippen molar-refractivity contribution >= 4 is 11.6 Å². The molecule has 160 valence electrons. The molecule has 0 aromatic heterocycles. The summed E-state index contributed by atoms with van der Waals surface area (Å²) in [6.45, 7) is 1.48. The van der Waals surface area contributed by atoms with E-state index in [1.165, 1.54) is 11.9 Å². The lowest BCUT2D eigenvalue weighted by molar-refractivity contribution is -0.130. The highest BCUT2D eigenvalue weighted by atomic mass is 16.5. The second-order valence-electron chi connectivity index (χ2n) is 6.62. The number of rotatable bonds is 7. The number of nitrogens with zero attached hydrogens (tertiary/aromatic N) is 2. The first-order valence-electron chi connectivity index (χ1n) is 9.37. The molecular formula is C22H26N2O6. The number of carbonyl (C=O) groups excluding carboxylic acids is 1. The van der Waals surface area contributed by atoms with Crippen molar-refractivity contribution in [3.8, 4) is 28.7 Å². The maximum absolute atomic E-state index is 12.4. The van der Waals surface area contributed by atoms with Crippen molar-refractivity contribution in [3.63, 3.8) is 0 Å². The van der Waals surface area contributed by atoms with Gasteiger partial charge in [-0.05, 0) is 24.3 Å². The fraction of sp³-hybridized carbons (Fsp3) is 0.364. The maximum Gasteiger partial charge on any atom is 0.240 e. The fourth-order valence-corrected chi connectivity index (χ4v) is 3.63. The molecule has 2 aromatic rings. The number of methoxy groups -OCH3 is 5. The molecule has 0 fully saturated rings. The predicted octanol–water partition coefficient (Wildman–Crippen LogP) is 3.43. The Morgan fingerprint density at radius 1 is 0.900 bits per heavy atom. The number of hydrogen-bond acceptors (Lipinski definition) is 7. The third-order valence-corrected chi connectivity index (χ3v) is 5.05. The zero-order chi connectivity index (χ0) is 21.8. The van der Waals surface area contributed by atoms with Crippen molar-refractivity contribution in [1.29, 1.82) is 0 Å². The lowest BCUT2D eigenvalue weighted by Crippen LogP contribution is -2.24. The molecule has 0 saturated carbocycles. The van der Waals surface area contributed by atoms with Crippen LogP contribution in [0.1, 0.15) is 30.5 Å². The van der Waals surface area contributed by atoms with Gasteiger partial charge in [0.15, 0.2) is 11.5 Å². The van der Waals surface area contributed by atoms with Gasteiger partial charge < -0.3 is 23.7 Å². The van der Waals surface area contributed by atoms with Gasteiger partial charge >= 0.3 is 0 Å². The lowest BCUT2D eigenvalue weighted by atomic mass is 9.96. The molecule has 1 aliphatic heterocycles. The molecule has 0 N–H and O–H groups in total. The van der Waals surface area contributed by atoms with Crippen LogP contribution in [0.15, 0.2) is 35.4 Å². The molecular weight excluding hydrogens is 388 g/mol. The molecule has 0 aliphatic carbocycles. The first kappa shape index (κ1) is 21.3. The van der Waals surface area contributed by atoms with Gasteiger partial charge in [0, 0.05) is 30.5 Å². The number of benzene rings is 2. The highest BCUT2D eigenvalue weighted by molar-refractivity contribution is 6.05. The number of amides is 1. The normalized spacial score (nSPS) is 15.5. The quantitative estimate of drug-likeness (QED) is 0.691. The second-order valence-corrected chi connectivity index (χ2v) is 6.62. The summed E-state index contributed by atoms with van der Waals surface area (Å²) in [5.74, 6) is 2.64. The van der Waals surface area contributed by atoms with Crippen molar-refractivity contribution in [1.82, 2.24) is 5.01 Å². The Morgan fingerprint density at radius 2 is 1.60 bits per heavy atom. The van der Waals surface area contributed by atoms with Crippen molar-refractivity contribution < 1.29 is 28.5 Å². The zero-order valence-electron chi connectivity index (χ0n) is 18.0. The van der Waals surface area contributed by atoms with Crippen molar-refractivity contribution in [2.75, 3.05) is 35.5 Å². The topological polar surface area (TPSA) is 78.8 Å². The van der Waals surface area contributed by atoms with Crippen LogP contribution in [0.25, 0.3) is 0 Å². The molecule has 1 heterocycles. The van der Waals surface area contributed by atoms with Gasteiger partial charge in [-0.3, -0.25) is 4.79 Å². The van der Waals surface area contributed by atoms with Crippen LogP contribution >= 0.6 is 0 Å². The highest BCUT2D eigenvalue weighted by Gasteiger charge is 2.35. The van der Waals surface area contributed by atoms with Crippen molar-refractivity contribution in [2.45, 2.75) is 19.4 Å². The molecule has 0 radical (unpaired) electrons. The van der Waals surface area contributed by atoms with Gasteiger partial charge in [0.25, 0.3) is 0 Å². The summed E-state index contributed by atoms with van der Waals surface area (Å²) < 4.78 is 27.3. The van der Waals surface area contributed by atoms with Crippen LogP contribution in [0.5, 0.6) is 28.7 Å². The minimum atomic E-state index is -0.362. The van der Waals surface area contributed by atoms with E-state index >= 15 is 0 Å². The largest absolute Gasteiger partial charge is 0.497 e. The molecule has 2 aromatic carbocycles. The Morgan fingerprint density at radius 3 is 2.17 bits per heavy atom. The SMILES string of the molecule is COc1ccc(C2=NN(C(C)=O)[C@H](c3ccc(OC)c(OC)c3OC)C2)c(OC)c1. The van der Waals surface area contributed by atoms with Crippen LogP contribution < -0.4 is 23.7 Å². The van der Waals surface area contributed by atoms with Crippen LogP contribution in [-0.4, -0.2) is 52.2 Å². The molecule has 3 rings (SSSR count). The molecule has 0 unspecified atom stereocenters. The lowest BCUT2D eigenvalue weighted by Gasteiger charge is -2.24. The Kier molecular flexibility index (Phi) is 6.34. The number of hydrogen-bond donors (Lipinski definition) is 0. The first-order chi connectivity index (χ1) is 14.5. The molecule has 0 bridgehead atoms. The number of ether oxygens (including phenoxy) is 5. The van der Waals surface area contributed by atoms with E-state index < -0.39 is 0 Å². The van der Waals surface area contributed by atoms with Crippen LogP contribution in [-0.2, 0) is 4.79 Å². The molecule has 1 amide bonds. The van der Waals surface area contributed by atoms with E-state index in [2.05, 4.69) is 5.10 Å². The minimum Gasteiger partial charge on any atom is -0.497 e. The summed E-state index contributed by atoms with van der Waals surface area (Å²) in [7, 11) is 7.85. The summed E-state index contributed by atoms with van der Waals surface area (Å²) in [6.07, 6.45) is 0.480. The van der Waals surface area contributed by atoms with Gasteiger partial charge in [0.2, 0.25) is 11.7 Å². The smallest absolute Gasteiger partial charge is 0.240 e. The van der Waals surface area contributed by atoms with Crippen molar-refractivity contribution in [3.05, 3.63) is 41.5 Å². The van der Waals surface area contributed by atoms with E-state index in [0.29, 0.717) is 35.2 Å². The molecule has 8 nitrogen and oxygen atoms in total. The van der Waals surface area contributed by atoms with Gasteiger partial charge in [-0.25, -0.2) is 5.01 Å².